The summed E-state index contributed by atoms with van der Waals surface area (Å²) in [5, 5.41) is 11.8. The minimum absolute atomic E-state index is 0.0740. The summed E-state index contributed by atoms with van der Waals surface area (Å²) in [5.74, 6) is -1.07. The Morgan fingerprint density at radius 3 is 2.50 bits per heavy atom. The third-order valence-corrected chi connectivity index (χ3v) is 4.15. The molecular formula is C17H21FN4O2. The zero-order chi connectivity index (χ0) is 17.7. The molecule has 1 fully saturated rings. The van der Waals surface area contributed by atoms with Crippen LogP contribution in [0, 0.1) is 23.1 Å². The number of hydrogen-bond acceptors (Lipinski definition) is 3. The molecule has 0 saturated carbocycles. The molecule has 0 radical (unpaired) electrons. The maximum atomic E-state index is 13.8. The van der Waals surface area contributed by atoms with Crippen molar-refractivity contribution in [2.45, 2.75) is 18.9 Å². The van der Waals surface area contributed by atoms with Gasteiger partial charge in [-0.3, -0.25) is 4.79 Å². The zero-order valence-corrected chi connectivity index (χ0v) is 13.8. The Morgan fingerprint density at radius 1 is 1.33 bits per heavy atom. The first-order valence-corrected chi connectivity index (χ1v) is 7.84. The molecule has 1 aromatic rings. The second kappa shape index (κ2) is 7.77. The van der Waals surface area contributed by atoms with E-state index in [1.807, 2.05) is 6.07 Å². The number of amides is 3. The molecule has 7 heteroatoms. The monoisotopic (exact) mass is 332 g/mol. The highest BCUT2D eigenvalue weighted by Gasteiger charge is 2.29. The molecule has 24 heavy (non-hydrogen) atoms. The summed E-state index contributed by atoms with van der Waals surface area (Å²) >= 11 is 0. The molecule has 1 N–H and O–H groups in total. The van der Waals surface area contributed by atoms with Crippen molar-refractivity contribution in [3.05, 3.63) is 35.6 Å². The van der Waals surface area contributed by atoms with E-state index in [0.717, 1.165) is 0 Å². The van der Waals surface area contributed by atoms with Crippen LogP contribution in [0.25, 0.3) is 0 Å². The van der Waals surface area contributed by atoms with Crippen LogP contribution >= 0.6 is 0 Å². The van der Waals surface area contributed by atoms with Gasteiger partial charge in [-0.05, 0) is 18.9 Å². The topological polar surface area (TPSA) is 76.4 Å². The third kappa shape index (κ3) is 4.02. The number of carbonyl (C=O) groups is 2. The minimum Gasteiger partial charge on any atom is -0.336 e. The molecule has 6 nitrogen and oxygen atoms in total. The number of rotatable bonds is 3. The number of halogens is 1. The smallest absolute Gasteiger partial charge is 0.319 e. The number of likely N-dealkylation sites (tertiary alicyclic amines) is 1. The van der Waals surface area contributed by atoms with Crippen LogP contribution in [-0.4, -0.2) is 48.9 Å². The molecule has 0 bridgehead atoms. The lowest BCUT2D eigenvalue weighted by molar-refractivity contribution is -0.126. The molecule has 1 aliphatic heterocycles. The fourth-order valence-electron chi connectivity index (χ4n) is 2.76. The first kappa shape index (κ1) is 17.7. The van der Waals surface area contributed by atoms with Crippen LogP contribution in [0.2, 0.25) is 0 Å². The lowest BCUT2D eigenvalue weighted by Crippen LogP contribution is -2.46. The summed E-state index contributed by atoms with van der Waals surface area (Å²) < 4.78 is 13.8. The van der Waals surface area contributed by atoms with Crippen LogP contribution in [0.3, 0.4) is 0 Å². The van der Waals surface area contributed by atoms with Gasteiger partial charge in [0.15, 0.2) is 0 Å². The van der Waals surface area contributed by atoms with Gasteiger partial charge in [0.2, 0.25) is 5.91 Å². The largest absolute Gasteiger partial charge is 0.336 e. The van der Waals surface area contributed by atoms with Crippen molar-refractivity contribution in [3.8, 4) is 6.07 Å². The predicted molar refractivity (Wildman–Crippen MR) is 86.3 cm³/mol. The molecule has 0 aliphatic carbocycles. The predicted octanol–water partition coefficient (Wildman–Crippen LogP) is 1.90. The van der Waals surface area contributed by atoms with Crippen molar-refractivity contribution in [2.75, 3.05) is 27.2 Å². The molecule has 0 spiro atoms. The summed E-state index contributed by atoms with van der Waals surface area (Å²) in [6, 6.07) is 6.75. The van der Waals surface area contributed by atoms with Crippen LogP contribution in [0.5, 0.6) is 0 Å². The highest BCUT2D eigenvalue weighted by Crippen LogP contribution is 2.21. The van der Waals surface area contributed by atoms with Gasteiger partial charge in [-0.25, -0.2) is 9.18 Å². The van der Waals surface area contributed by atoms with Crippen molar-refractivity contribution in [2.24, 2.45) is 5.92 Å². The first-order valence-electron chi connectivity index (χ1n) is 7.84. The first-order chi connectivity index (χ1) is 11.4. The summed E-state index contributed by atoms with van der Waals surface area (Å²) in [6.07, 6.45) is 1.06. The number of urea groups is 1. The van der Waals surface area contributed by atoms with Crippen LogP contribution in [-0.2, 0) is 4.79 Å². The highest BCUT2D eigenvalue weighted by molar-refractivity contribution is 5.80. The van der Waals surface area contributed by atoms with Crippen LogP contribution in [0.1, 0.15) is 24.4 Å². The molecule has 1 saturated heterocycles. The summed E-state index contributed by atoms with van der Waals surface area (Å²) in [6.45, 7) is 0.984. The van der Waals surface area contributed by atoms with Crippen molar-refractivity contribution >= 4 is 11.9 Å². The van der Waals surface area contributed by atoms with Gasteiger partial charge in [0.25, 0.3) is 0 Å². The molecule has 2 rings (SSSR count). The Morgan fingerprint density at radius 2 is 1.96 bits per heavy atom. The Kier molecular flexibility index (Phi) is 5.74. The Bertz CT molecular complexity index is 648. The van der Waals surface area contributed by atoms with Gasteiger partial charge < -0.3 is 15.1 Å². The van der Waals surface area contributed by atoms with E-state index in [9.17, 15) is 19.2 Å². The van der Waals surface area contributed by atoms with Gasteiger partial charge in [-0.1, -0.05) is 18.2 Å². The molecule has 0 unspecified atom stereocenters. The van der Waals surface area contributed by atoms with E-state index in [2.05, 4.69) is 5.32 Å². The average molecular weight is 332 g/mol. The fourth-order valence-corrected chi connectivity index (χ4v) is 2.76. The molecular weight excluding hydrogens is 311 g/mol. The van der Waals surface area contributed by atoms with Gasteiger partial charge in [-0.2, -0.15) is 5.26 Å². The van der Waals surface area contributed by atoms with Crippen molar-refractivity contribution in [1.29, 1.82) is 5.26 Å². The van der Waals surface area contributed by atoms with E-state index >= 15 is 0 Å². The zero-order valence-electron chi connectivity index (χ0n) is 13.8. The number of nitriles is 1. The summed E-state index contributed by atoms with van der Waals surface area (Å²) in [4.78, 5) is 27.5. The molecule has 1 aromatic carbocycles. The van der Waals surface area contributed by atoms with Crippen molar-refractivity contribution in [3.63, 3.8) is 0 Å². The van der Waals surface area contributed by atoms with Gasteiger partial charge in [0.1, 0.15) is 11.9 Å². The standard InChI is InChI=1S/C17H21FN4O2/c1-21(2)17(24)22-9-7-12(8-10-22)16(23)20-15(11-19)13-5-3-4-6-14(13)18/h3-6,12,15H,7-10H2,1-2H3,(H,20,23)/t15-/m0/s1. The lowest BCUT2D eigenvalue weighted by Gasteiger charge is -2.33. The molecule has 3 amide bonds. The van der Waals surface area contributed by atoms with E-state index in [1.54, 1.807) is 25.1 Å². The van der Waals surface area contributed by atoms with Crippen LogP contribution < -0.4 is 5.32 Å². The molecule has 1 atom stereocenters. The normalized spacial score (nSPS) is 16.2. The molecule has 0 aromatic heterocycles. The number of nitrogens with zero attached hydrogens (tertiary/aromatic N) is 3. The Labute approximate surface area is 140 Å². The van der Waals surface area contributed by atoms with Gasteiger partial charge in [0, 0.05) is 38.7 Å². The fraction of sp³-hybridized carbons (Fsp3) is 0.471. The quantitative estimate of drug-likeness (QED) is 0.918. The summed E-state index contributed by atoms with van der Waals surface area (Å²) in [5.41, 5.74) is 0.161. The van der Waals surface area contributed by atoms with Crippen molar-refractivity contribution < 1.29 is 14.0 Å². The molecule has 1 aliphatic rings. The minimum atomic E-state index is -1.01. The summed E-state index contributed by atoms with van der Waals surface area (Å²) in [7, 11) is 3.38. The van der Waals surface area contributed by atoms with Crippen LogP contribution in [0.15, 0.2) is 24.3 Å². The Hall–Kier alpha value is -2.62. The van der Waals surface area contributed by atoms with E-state index in [4.69, 9.17) is 0 Å². The maximum Gasteiger partial charge on any atom is 0.319 e. The number of hydrogen-bond donors (Lipinski definition) is 1. The van der Waals surface area contributed by atoms with Crippen molar-refractivity contribution in [1.82, 2.24) is 15.1 Å². The molecule has 1 heterocycles. The second-order valence-electron chi connectivity index (χ2n) is 6.03. The SMILES string of the molecule is CN(C)C(=O)N1CCC(C(=O)N[C@@H](C#N)c2ccccc2F)CC1. The van der Waals surface area contributed by atoms with E-state index in [1.165, 1.54) is 23.1 Å². The van der Waals surface area contributed by atoms with Gasteiger partial charge in [-0.15, -0.1) is 0 Å². The molecule has 128 valence electrons. The second-order valence-corrected chi connectivity index (χ2v) is 6.03. The third-order valence-electron chi connectivity index (χ3n) is 4.15. The lowest BCUT2D eigenvalue weighted by atomic mass is 9.95. The number of carbonyl (C=O) groups excluding carboxylic acids is 2. The van der Waals surface area contributed by atoms with E-state index < -0.39 is 11.9 Å². The number of nitrogens with one attached hydrogen (secondary N) is 1. The maximum absolute atomic E-state index is 13.8. The van der Waals surface area contributed by atoms with E-state index in [0.29, 0.717) is 25.9 Å². The van der Waals surface area contributed by atoms with Crippen LogP contribution in [0.4, 0.5) is 9.18 Å². The van der Waals surface area contributed by atoms with Gasteiger partial charge >= 0.3 is 6.03 Å². The average Bonchev–Trinajstić information content (AvgIpc) is 2.59. The highest BCUT2D eigenvalue weighted by atomic mass is 19.1. The van der Waals surface area contributed by atoms with E-state index in [-0.39, 0.29) is 23.4 Å². The number of benzene rings is 1. The van der Waals surface area contributed by atoms with Gasteiger partial charge in [0.05, 0.1) is 6.07 Å². The number of piperidine rings is 1. The Balaban J connectivity index is 1.95.